The number of benzene rings is 2. The Balaban J connectivity index is 1.22. The summed E-state index contributed by atoms with van der Waals surface area (Å²) in [5, 5.41) is 0. The van der Waals surface area contributed by atoms with Crippen LogP contribution in [0, 0.1) is 5.82 Å². The Morgan fingerprint density at radius 1 is 1.00 bits per heavy atom. The summed E-state index contributed by atoms with van der Waals surface area (Å²) in [6.45, 7) is 2.20. The molecule has 0 bridgehead atoms. The van der Waals surface area contributed by atoms with Gasteiger partial charge in [-0.3, -0.25) is 9.69 Å². The van der Waals surface area contributed by atoms with Gasteiger partial charge in [-0.2, -0.15) is 0 Å². The molecule has 0 atom stereocenters. The quantitative estimate of drug-likeness (QED) is 0.585. The van der Waals surface area contributed by atoms with Crippen molar-refractivity contribution in [3.05, 3.63) is 65.5 Å². The van der Waals surface area contributed by atoms with Gasteiger partial charge >= 0.3 is 5.97 Å². The van der Waals surface area contributed by atoms with Crippen LogP contribution in [0.5, 0.6) is 0 Å². The molecule has 2 aromatic rings. The molecule has 33 heavy (non-hydrogen) atoms. The molecule has 1 N–H and O–H groups in total. The Hall–Kier alpha value is -2.82. The SMILES string of the molecule is O=C(OCC(=O)N1CCN(Cc2ccccc2F)CC1)c1ccc(S(=O)(=O)NC2CC2)cc1. The highest BCUT2D eigenvalue weighted by atomic mass is 32.2. The first kappa shape index (κ1) is 23.3. The number of sulfonamides is 1. The third-order valence-electron chi connectivity index (χ3n) is 5.70. The van der Waals surface area contributed by atoms with Crippen molar-refractivity contribution in [3.63, 3.8) is 0 Å². The van der Waals surface area contributed by atoms with E-state index in [0.29, 0.717) is 38.3 Å². The third-order valence-corrected chi connectivity index (χ3v) is 7.24. The van der Waals surface area contributed by atoms with E-state index >= 15 is 0 Å². The van der Waals surface area contributed by atoms with E-state index in [9.17, 15) is 22.4 Å². The highest BCUT2D eigenvalue weighted by Gasteiger charge is 2.28. The highest BCUT2D eigenvalue weighted by Crippen LogP contribution is 2.22. The number of esters is 1. The average molecular weight is 476 g/mol. The van der Waals surface area contributed by atoms with Crippen molar-refractivity contribution in [2.45, 2.75) is 30.3 Å². The largest absolute Gasteiger partial charge is 0.452 e. The van der Waals surface area contributed by atoms with Crippen molar-refractivity contribution in [3.8, 4) is 0 Å². The van der Waals surface area contributed by atoms with Crippen LogP contribution >= 0.6 is 0 Å². The van der Waals surface area contributed by atoms with Crippen LogP contribution in [0.25, 0.3) is 0 Å². The fraction of sp³-hybridized carbons (Fsp3) is 0.391. The summed E-state index contributed by atoms with van der Waals surface area (Å²) in [6.07, 6.45) is 1.66. The number of ether oxygens (including phenoxy) is 1. The van der Waals surface area contributed by atoms with Crippen molar-refractivity contribution in [1.29, 1.82) is 0 Å². The number of hydrogen-bond donors (Lipinski definition) is 1. The van der Waals surface area contributed by atoms with E-state index in [0.717, 1.165) is 12.8 Å². The molecule has 2 fully saturated rings. The van der Waals surface area contributed by atoms with Gasteiger partial charge in [-0.15, -0.1) is 0 Å². The first-order valence-corrected chi connectivity index (χ1v) is 12.3. The fourth-order valence-electron chi connectivity index (χ4n) is 3.58. The first-order chi connectivity index (χ1) is 15.8. The molecule has 4 rings (SSSR count). The summed E-state index contributed by atoms with van der Waals surface area (Å²) >= 11 is 0. The monoisotopic (exact) mass is 475 g/mol. The number of nitrogens with one attached hydrogen (secondary N) is 1. The molecule has 10 heteroatoms. The van der Waals surface area contributed by atoms with Gasteiger partial charge in [-0.05, 0) is 43.2 Å². The van der Waals surface area contributed by atoms with Gasteiger partial charge in [0, 0.05) is 44.3 Å². The number of amides is 1. The second kappa shape index (κ2) is 9.98. The Morgan fingerprint density at radius 2 is 1.67 bits per heavy atom. The predicted molar refractivity (Wildman–Crippen MR) is 118 cm³/mol. The van der Waals surface area contributed by atoms with Crippen molar-refractivity contribution in [1.82, 2.24) is 14.5 Å². The highest BCUT2D eigenvalue weighted by molar-refractivity contribution is 7.89. The number of rotatable bonds is 8. The standard InChI is InChI=1S/C23H26FN3O5S/c24-21-4-2-1-3-18(21)15-26-11-13-27(14-12-26)22(28)16-32-23(29)17-5-9-20(10-6-17)33(30,31)25-19-7-8-19/h1-6,9-10,19,25H,7-8,11-16H2. The van der Waals surface area contributed by atoms with Crippen LogP contribution in [-0.4, -0.2) is 68.9 Å². The Bertz CT molecular complexity index is 1110. The minimum atomic E-state index is -3.59. The summed E-state index contributed by atoms with van der Waals surface area (Å²) < 4.78 is 45.9. The summed E-state index contributed by atoms with van der Waals surface area (Å²) in [5.41, 5.74) is 0.788. The molecule has 0 aromatic heterocycles. The van der Waals surface area contributed by atoms with Crippen LogP contribution in [0.1, 0.15) is 28.8 Å². The van der Waals surface area contributed by atoms with Crippen LogP contribution < -0.4 is 4.72 Å². The maximum atomic E-state index is 13.8. The van der Waals surface area contributed by atoms with Crippen molar-refractivity contribution in [2.24, 2.45) is 0 Å². The molecule has 0 radical (unpaired) electrons. The molecule has 176 valence electrons. The third kappa shape index (κ3) is 6.16. The van der Waals surface area contributed by atoms with Gasteiger partial charge in [0.25, 0.3) is 5.91 Å². The molecular weight excluding hydrogens is 449 g/mol. The van der Waals surface area contributed by atoms with Gasteiger partial charge in [-0.25, -0.2) is 22.3 Å². The average Bonchev–Trinajstić information content (AvgIpc) is 3.62. The molecule has 1 heterocycles. The van der Waals surface area contributed by atoms with Gasteiger partial charge in [0.05, 0.1) is 10.5 Å². The zero-order valence-corrected chi connectivity index (χ0v) is 18.9. The molecule has 2 aliphatic rings. The molecule has 8 nitrogen and oxygen atoms in total. The zero-order chi connectivity index (χ0) is 23.4. The second-order valence-corrected chi connectivity index (χ2v) is 9.96. The number of nitrogens with zero attached hydrogens (tertiary/aromatic N) is 2. The fourth-order valence-corrected chi connectivity index (χ4v) is 4.89. The molecule has 1 aliphatic carbocycles. The molecule has 1 saturated heterocycles. The summed E-state index contributed by atoms with van der Waals surface area (Å²) in [5.74, 6) is -1.24. The molecule has 0 spiro atoms. The molecule has 0 unspecified atom stereocenters. The smallest absolute Gasteiger partial charge is 0.338 e. The molecule has 1 saturated carbocycles. The summed E-state index contributed by atoms with van der Waals surface area (Å²) in [6, 6.07) is 12.1. The number of hydrogen-bond acceptors (Lipinski definition) is 6. The predicted octanol–water partition coefficient (Wildman–Crippen LogP) is 1.77. The van der Waals surface area contributed by atoms with Gasteiger partial charge in [0.2, 0.25) is 10.0 Å². The normalized spacial score (nSPS) is 17.1. The van der Waals surface area contributed by atoms with E-state index in [4.69, 9.17) is 4.74 Å². The minimum absolute atomic E-state index is 0.00738. The topological polar surface area (TPSA) is 96.0 Å². The van der Waals surface area contributed by atoms with Crippen LogP contribution in [0.3, 0.4) is 0 Å². The second-order valence-electron chi connectivity index (χ2n) is 8.24. The van der Waals surface area contributed by atoms with Crippen molar-refractivity contribution >= 4 is 21.9 Å². The van der Waals surface area contributed by atoms with E-state index in [-0.39, 0.29) is 28.2 Å². The van der Waals surface area contributed by atoms with Crippen LogP contribution in [-0.2, 0) is 26.1 Å². The lowest BCUT2D eigenvalue weighted by Gasteiger charge is -2.34. The van der Waals surface area contributed by atoms with E-state index in [1.807, 2.05) is 0 Å². The molecular formula is C23H26FN3O5S. The summed E-state index contributed by atoms with van der Waals surface area (Å²) in [4.78, 5) is 28.5. The maximum absolute atomic E-state index is 13.8. The lowest BCUT2D eigenvalue weighted by molar-refractivity contribution is -0.136. The van der Waals surface area contributed by atoms with Crippen LogP contribution in [0.2, 0.25) is 0 Å². The van der Waals surface area contributed by atoms with Crippen molar-refractivity contribution < 1.29 is 27.1 Å². The van der Waals surface area contributed by atoms with Gasteiger partial charge in [0.15, 0.2) is 6.61 Å². The molecule has 1 amide bonds. The zero-order valence-electron chi connectivity index (χ0n) is 18.1. The maximum Gasteiger partial charge on any atom is 0.338 e. The van der Waals surface area contributed by atoms with Crippen LogP contribution in [0.15, 0.2) is 53.4 Å². The number of carbonyl (C=O) groups excluding carboxylic acids is 2. The number of carbonyl (C=O) groups is 2. The lowest BCUT2D eigenvalue weighted by Crippen LogP contribution is -2.49. The first-order valence-electron chi connectivity index (χ1n) is 10.8. The van der Waals surface area contributed by atoms with E-state index < -0.39 is 22.6 Å². The lowest BCUT2D eigenvalue weighted by atomic mass is 10.2. The molecule has 2 aromatic carbocycles. The van der Waals surface area contributed by atoms with Gasteiger partial charge < -0.3 is 9.64 Å². The summed E-state index contributed by atoms with van der Waals surface area (Å²) in [7, 11) is -3.59. The number of halogens is 1. The van der Waals surface area contributed by atoms with E-state index in [1.54, 1.807) is 23.1 Å². The van der Waals surface area contributed by atoms with Crippen molar-refractivity contribution in [2.75, 3.05) is 32.8 Å². The molecule has 1 aliphatic heterocycles. The van der Waals surface area contributed by atoms with Crippen LogP contribution in [0.4, 0.5) is 4.39 Å². The van der Waals surface area contributed by atoms with Gasteiger partial charge in [0.1, 0.15) is 5.82 Å². The number of piperazine rings is 1. The Labute approximate surface area is 192 Å². The minimum Gasteiger partial charge on any atom is -0.452 e. The van der Waals surface area contributed by atoms with Gasteiger partial charge in [-0.1, -0.05) is 18.2 Å². The Morgan fingerprint density at radius 3 is 2.30 bits per heavy atom. The van der Waals surface area contributed by atoms with E-state index in [1.165, 1.54) is 30.3 Å². The Kier molecular flexibility index (Phi) is 7.06. The van der Waals surface area contributed by atoms with E-state index in [2.05, 4.69) is 9.62 Å².